The maximum absolute atomic E-state index is 13.0. The van der Waals surface area contributed by atoms with Crippen LogP contribution in [0.4, 0.5) is 9.18 Å². The van der Waals surface area contributed by atoms with Crippen LogP contribution in [-0.2, 0) is 11.2 Å². The van der Waals surface area contributed by atoms with Gasteiger partial charge in [-0.1, -0.05) is 6.07 Å². The molecule has 0 aliphatic carbocycles. The van der Waals surface area contributed by atoms with Crippen molar-refractivity contribution in [1.29, 1.82) is 0 Å². The van der Waals surface area contributed by atoms with Gasteiger partial charge in [-0.15, -0.1) is 0 Å². The Bertz CT molecular complexity index is 519. The maximum atomic E-state index is 13.0. The van der Waals surface area contributed by atoms with E-state index < -0.39 is 0 Å². The van der Waals surface area contributed by atoms with Crippen LogP contribution in [0.15, 0.2) is 18.2 Å². The van der Waals surface area contributed by atoms with Crippen LogP contribution in [0.5, 0.6) is 0 Å². The Balaban J connectivity index is 1.66. The molecule has 6 heteroatoms. The normalized spacial score (nSPS) is 16.8. The van der Waals surface area contributed by atoms with Crippen LogP contribution >= 0.6 is 0 Å². The molecule has 1 aromatic carbocycles. The first kappa shape index (κ1) is 17.7. The molecular weight excluding hydrogens is 297 g/mol. The first-order valence-electron chi connectivity index (χ1n) is 8.14. The zero-order chi connectivity index (χ0) is 16.7. The van der Waals surface area contributed by atoms with Crippen molar-refractivity contribution < 1.29 is 13.9 Å². The van der Waals surface area contributed by atoms with Gasteiger partial charge in [-0.05, 0) is 43.5 Å². The minimum atomic E-state index is -0.228. The van der Waals surface area contributed by atoms with E-state index in [1.807, 2.05) is 13.8 Å². The Morgan fingerprint density at radius 2 is 2.13 bits per heavy atom. The fraction of sp³-hybridized carbons (Fsp3) is 0.588. The highest BCUT2D eigenvalue weighted by Crippen LogP contribution is 2.10. The van der Waals surface area contributed by atoms with Crippen LogP contribution in [0.25, 0.3) is 0 Å². The lowest BCUT2D eigenvalue weighted by Crippen LogP contribution is -2.48. The van der Waals surface area contributed by atoms with Crippen molar-refractivity contribution in [2.45, 2.75) is 26.3 Å². The zero-order valence-corrected chi connectivity index (χ0v) is 13.9. The summed E-state index contributed by atoms with van der Waals surface area (Å²) in [6.45, 7) is 8.58. The first-order valence-corrected chi connectivity index (χ1v) is 8.14. The van der Waals surface area contributed by atoms with Gasteiger partial charge in [-0.3, -0.25) is 4.90 Å². The molecule has 1 aliphatic heterocycles. The summed E-state index contributed by atoms with van der Waals surface area (Å²) >= 11 is 0. The number of hydrogen-bond donors (Lipinski definition) is 2. The van der Waals surface area contributed by atoms with Crippen molar-refractivity contribution in [3.8, 4) is 0 Å². The number of ether oxygens (including phenoxy) is 1. The number of aryl methyl sites for hydroxylation is 1. The van der Waals surface area contributed by atoms with Crippen molar-refractivity contribution in [3.63, 3.8) is 0 Å². The van der Waals surface area contributed by atoms with Gasteiger partial charge in [0, 0.05) is 32.2 Å². The highest BCUT2D eigenvalue weighted by molar-refractivity contribution is 5.74. The number of morpholine rings is 1. The third-order valence-corrected chi connectivity index (χ3v) is 4.00. The second-order valence-electron chi connectivity index (χ2n) is 6.04. The van der Waals surface area contributed by atoms with Gasteiger partial charge in [-0.25, -0.2) is 9.18 Å². The van der Waals surface area contributed by atoms with Gasteiger partial charge in [0.2, 0.25) is 0 Å². The number of rotatable bonds is 6. The van der Waals surface area contributed by atoms with Crippen LogP contribution in [0.1, 0.15) is 18.1 Å². The first-order chi connectivity index (χ1) is 11.0. The molecule has 23 heavy (non-hydrogen) atoms. The topological polar surface area (TPSA) is 53.6 Å². The summed E-state index contributed by atoms with van der Waals surface area (Å²) in [4.78, 5) is 14.2. The minimum absolute atomic E-state index is 0.0839. The maximum Gasteiger partial charge on any atom is 0.315 e. The van der Waals surface area contributed by atoms with E-state index in [2.05, 4.69) is 15.5 Å². The Morgan fingerprint density at radius 1 is 1.39 bits per heavy atom. The third-order valence-electron chi connectivity index (χ3n) is 4.00. The fourth-order valence-corrected chi connectivity index (χ4v) is 2.74. The molecule has 1 heterocycles. The Morgan fingerprint density at radius 3 is 2.83 bits per heavy atom. The quantitative estimate of drug-likeness (QED) is 0.838. The van der Waals surface area contributed by atoms with Gasteiger partial charge in [0.25, 0.3) is 0 Å². The molecule has 128 valence electrons. The highest BCUT2D eigenvalue weighted by atomic mass is 19.1. The van der Waals surface area contributed by atoms with E-state index >= 15 is 0 Å². The molecule has 2 amide bonds. The number of amides is 2. The van der Waals surface area contributed by atoms with Gasteiger partial charge >= 0.3 is 6.03 Å². The molecule has 0 unspecified atom stereocenters. The summed E-state index contributed by atoms with van der Waals surface area (Å²) in [6.07, 6.45) is 0.692. The van der Waals surface area contributed by atoms with E-state index in [0.717, 1.165) is 44.0 Å². The van der Waals surface area contributed by atoms with E-state index in [1.165, 1.54) is 12.1 Å². The lowest BCUT2D eigenvalue weighted by atomic mass is 10.1. The van der Waals surface area contributed by atoms with Crippen LogP contribution in [0, 0.1) is 12.7 Å². The van der Waals surface area contributed by atoms with E-state index in [4.69, 9.17) is 4.74 Å². The second kappa shape index (κ2) is 8.84. The second-order valence-corrected chi connectivity index (χ2v) is 6.04. The molecule has 1 aromatic rings. The third kappa shape index (κ3) is 6.15. The number of halogens is 1. The lowest BCUT2D eigenvalue weighted by molar-refractivity contribution is 0.0349. The van der Waals surface area contributed by atoms with Crippen molar-refractivity contribution in [3.05, 3.63) is 35.1 Å². The fourth-order valence-electron chi connectivity index (χ4n) is 2.74. The predicted molar refractivity (Wildman–Crippen MR) is 88.1 cm³/mol. The van der Waals surface area contributed by atoms with E-state index in [0.29, 0.717) is 13.0 Å². The Hall–Kier alpha value is -1.66. The molecule has 1 aliphatic rings. The number of urea groups is 1. The highest BCUT2D eigenvalue weighted by Gasteiger charge is 2.15. The van der Waals surface area contributed by atoms with Crippen molar-refractivity contribution in [2.75, 3.05) is 39.4 Å². The smallest absolute Gasteiger partial charge is 0.315 e. The molecule has 0 bridgehead atoms. The molecule has 1 atom stereocenters. The molecule has 2 N–H and O–H groups in total. The molecule has 1 fully saturated rings. The van der Waals surface area contributed by atoms with Crippen LogP contribution in [-0.4, -0.2) is 56.4 Å². The molecule has 5 nitrogen and oxygen atoms in total. The molecule has 1 saturated heterocycles. The standard InChI is InChI=1S/C17H26FN3O2/c1-13-11-16(18)4-3-15(13)5-6-19-17(22)20-14(2)12-21-7-9-23-10-8-21/h3-4,11,14H,5-10,12H2,1-2H3,(H2,19,20,22)/t14-/m0/s1. The molecule has 0 radical (unpaired) electrons. The Kier molecular flexibility index (Phi) is 6.80. The van der Waals surface area contributed by atoms with Crippen LogP contribution in [0.3, 0.4) is 0 Å². The summed E-state index contributed by atoms with van der Waals surface area (Å²) in [6, 6.07) is 4.66. The van der Waals surface area contributed by atoms with Crippen molar-refractivity contribution in [2.24, 2.45) is 0 Å². The lowest BCUT2D eigenvalue weighted by Gasteiger charge is -2.29. The van der Waals surface area contributed by atoms with Crippen molar-refractivity contribution in [1.82, 2.24) is 15.5 Å². The number of carbonyl (C=O) groups is 1. The summed E-state index contributed by atoms with van der Waals surface area (Å²) in [5, 5.41) is 5.80. The largest absolute Gasteiger partial charge is 0.379 e. The van der Waals surface area contributed by atoms with Crippen LogP contribution < -0.4 is 10.6 Å². The summed E-state index contributed by atoms with van der Waals surface area (Å²) in [5.41, 5.74) is 1.96. The molecule has 0 saturated carbocycles. The van der Waals surface area contributed by atoms with Gasteiger partial charge in [0.05, 0.1) is 13.2 Å². The molecule has 0 spiro atoms. The SMILES string of the molecule is Cc1cc(F)ccc1CCNC(=O)N[C@@H](C)CN1CCOCC1. The monoisotopic (exact) mass is 323 g/mol. The number of nitrogens with zero attached hydrogens (tertiary/aromatic N) is 1. The van der Waals surface area contributed by atoms with Gasteiger partial charge in [-0.2, -0.15) is 0 Å². The Labute approximate surface area is 137 Å². The number of benzene rings is 1. The average Bonchev–Trinajstić information content (AvgIpc) is 2.50. The van der Waals surface area contributed by atoms with Crippen LogP contribution in [0.2, 0.25) is 0 Å². The number of nitrogens with one attached hydrogen (secondary N) is 2. The van der Waals surface area contributed by atoms with E-state index in [-0.39, 0.29) is 17.9 Å². The van der Waals surface area contributed by atoms with Gasteiger partial charge in [0.1, 0.15) is 5.82 Å². The minimum Gasteiger partial charge on any atom is -0.379 e. The van der Waals surface area contributed by atoms with Gasteiger partial charge < -0.3 is 15.4 Å². The molecular formula is C17H26FN3O2. The van der Waals surface area contributed by atoms with Gasteiger partial charge in [0.15, 0.2) is 0 Å². The van der Waals surface area contributed by atoms with E-state index in [1.54, 1.807) is 6.07 Å². The summed E-state index contributed by atoms with van der Waals surface area (Å²) < 4.78 is 18.4. The molecule has 0 aromatic heterocycles. The number of hydrogen-bond acceptors (Lipinski definition) is 3. The zero-order valence-electron chi connectivity index (χ0n) is 13.9. The summed E-state index contributed by atoms with van der Waals surface area (Å²) in [5.74, 6) is -0.228. The summed E-state index contributed by atoms with van der Waals surface area (Å²) in [7, 11) is 0. The van der Waals surface area contributed by atoms with Crippen molar-refractivity contribution >= 4 is 6.03 Å². The average molecular weight is 323 g/mol. The predicted octanol–water partition coefficient (Wildman–Crippen LogP) is 1.70. The number of carbonyl (C=O) groups excluding carboxylic acids is 1. The molecule has 2 rings (SSSR count). The van der Waals surface area contributed by atoms with E-state index in [9.17, 15) is 9.18 Å².